The van der Waals surface area contributed by atoms with Crippen LogP contribution >= 0.6 is 35.6 Å². The van der Waals surface area contributed by atoms with Gasteiger partial charge in [0.25, 0.3) is 0 Å². The maximum absolute atomic E-state index is 6.02. The fourth-order valence-electron chi connectivity index (χ4n) is 1.99. The lowest BCUT2D eigenvalue weighted by molar-refractivity contribution is 0.476. The first-order chi connectivity index (χ1) is 10.2. The number of hydrogen-bond acceptors (Lipinski definition) is 2. The van der Waals surface area contributed by atoms with Gasteiger partial charge in [-0.1, -0.05) is 23.7 Å². The van der Waals surface area contributed by atoms with Gasteiger partial charge in [0.2, 0.25) is 0 Å². The monoisotopic (exact) mass is 433 g/mol. The summed E-state index contributed by atoms with van der Waals surface area (Å²) in [6.07, 6.45) is 1.73. The molecule has 22 heavy (non-hydrogen) atoms. The second-order valence-corrected chi connectivity index (χ2v) is 5.17. The van der Waals surface area contributed by atoms with Gasteiger partial charge in [-0.15, -0.1) is 24.0 Å². The number of aromatic amines is 1. The molecule has 0 atom stereocenters. The number of halogens is 2. The number of hydrogen-bond donors (Lipinski definition) is 2. The lowest BCUT2D eigenvalue weighted by Gasteiger charge is -2.22. The van der Waals surface area contributed by atoms with Crippen LogP contribution in [0.2, 0.25) is 5.02 Å². The molecule has 2 N–H and O–H groups in total. The van der Waals surface area contributed by atoms with Crippen molar-refractivity contribution in [2.45, 2.75) is 20.0 Å². The summed E-state index contributed by atoms with van der Waals surface area (Å²) in [5.41, 5.74) is 2.14. The lowest BCUT2D eigenvalue weighted by atomic mass is 10.2. The van der Waals surface area contributed by atoms with E-state index in [9.17, 15) is 0 Å². The highest BCUT2D eigenvalue weighted by Crippen LogP contribution is 2.12. The number of rotatable bonds is 5. The molecule has 0 radical (unpaired) electrons. The maximum Gasteiger partial charge on any atom is 0.194 e. The molecule has 2 rings (SSSR count). The summed E-state index contributed by atoms with van der Waals surface area (Å²) < 4.78 is 0. The first kappa shape index (κ1) is 18.8. The van der Waals surface area contributed by atoms with E-state index in [0.29, 0.717) is 6.54 Å². The zero-order chi connectivity index (χ0) is 15.1. The number of benzene rings is 1. The van der Waals surface area contributed by atoms with Crippen LogP contribution in [-0.2, 0) is 13.1 Å². The zero-order valence-corrected chi connectivity index (χ0v) is 15.8. The molecule has 0 unspecified atom stereocenters. The highest BCUT2D eigenvalue weighted by atomic mass is 127. The fourth-order valence-corrected chi connectivity index (χ4v) is 2.20. The van der Waals surface area contributed by atoms with Crippen molar-refractivity contribution in [3.8, 4) is 0 Å². The van der Waals surface area contributed by atoms with E-state index in [-0.39, 0.29) is 24.0 Å². The van der Waals surface area contributed by atoms with Gasteiger partial charge in [0.1, 0.15) is 0 Å². The van der Waals surface area contributed by atoms with Crippen molar-refractivity contribution in [3.63, 3.8) is 0 Å². The van der Waals surface area contributed by atoms with Crippen LogP contribution in [0.25, 0.3) is 0 Å². The van der Waals surface area contributed by atoms with Crippen LogP contribution in [-0.4, -0.2) is 34.6 Å². The van der Waals surface area contributed by atoms with Crippen LogP contribution in [0.15, 0.2) is 41.5 Å². The third-order valence-electron chi connectivity index (χ3n) is 2.96. The molecule has 1 aromatic heterocycles. The highest BCUT2D eigenvalue weighted by molar-refractivity contribution is 14.0. The average Bonchev–Trinajstić information content (AvgIpc) is 2.96. The standard InChI is InChI=1S/C15H20ClN5.HI/c1-3-17-15(18-10-14-7-8-19-20-14)21(2)11-12-5-4-6-13(16)9-12;/h4-9H,3,10-11H2,1-2H3,(H,17,18)(H,19,20);1H. The molecule has 0 spiro atoms. The fraction of sp³-hybridized carbons (Fsp3) is 0.333. The van der Waals surface area contributed by atoms with Crippen molar-refractivity contribution in [3.05, 3.63) is 52.8 Å². The predicted octanol–water partition coefficient (Wildman–Crippen LogP) is 3.28. The number of nitrogens with one attached hydrogen (secondary N) is 2. The van der Waals surface area contributed by atoms with Gasteiger partial charge < -0.3 is 10.2 Å². The number of nitrogens with zero attached hydrogens (tertiary/aromatic N) is 3. The Bertz CT molecular complexity index is 585. The quantitative estimate of drug-likeness (QED) is 0.432. The average molecular weight is 434 g/mol. The molecule has 5 nitrogen and oxygen atoms in total. The molecule has 0 fully saturated rings. The number of guanidine groups is 1. The minimum absolute atomic E-state index is 0. The Balaban J connectivity index is 0.00000242. The number of aliphatic imine (C=N–C) groups is 1. The van der Waals surface area contributed by atoms with Gasteiger partial charge in [0.05, 0.1) is 12.2 Å². The molecule has 1 aromatic carbocycles. The van der Waals surface area contributed by atoms with E-state index in [1.54, 1.807) is 6.20 Å². The van der Waals surface area contributed by atoms with Crippen molar-refractivity contribution < 1.29 is 0 Å². The molecule has 0 aliphatic heterocycles. The molecule has 120 valence electrons. The zero-order valence-electron chi connectivity index (χ0n) is 12.7. The van der Waals surface area contributed by atoms with Crippen molar-refractivity contribution in [1.82, 2.24) is 20.4 Å². The molecule has 7 heteroatoms. The van der Waals surface area contributed by atoms with Crippen molar-refractivity contribution in [2.24, 2.45) is 4.99 Å². The van der Waals surface area contributed by atoms with Crippen LogP contribution < -0.4 is 5.32 Å². The minimum Gasteiger partial charge on any atom is -0.357 e. The molecule has 0 bridgehead atoms. The highest BCUT2D eigenvalue weighted by Gasteiger charge is 2.07. The summed E-state index contributed by atoms with van der Waals surface area (Å²) in [5, 5.41) is 10.9. The van der Waals surface area contributed by atoms with E-state index < -0.39 is 0 Å². The Morgan fingerprint density at radius 2 is 2.23 bits per heavy atom. The Hall–Kier alpha value is -1.28. The van der Waals surface area contributed by atoms with Gasteiger partial charge >= 0.3 is 0 Å². The SMILES string of the molecule is CCNC(=NCc1ccn[nH]1)N(C)Cc1cccc(Cl)c1.I. The van der Waals surface area contributed by atoms with E-state index in [0.717, 1.165) is 35.3 Å². The topological polar surface area (TPSA) is 56.3 Å². The van der Waals surface area contributed by atoms with Crippen LogP contribution in [0.1, 0.15) is 18.2 Å². The molecule has 0 saturated carbocycles. The van der Waals surface area contributed by atoms with Crippen LogP contribution in [0.5, 0.6) is 0 Å². The third kappa shape index (κ3) is 5.84. The van der Waals surface area contributed by atoms with E-state index >= 15 is 0 Å². The van der Waals surface area contributed by atoms with Crippen molar-refractivity contribution in [1.29, 1.82) is 0 Å². The number of H-pyrrole nitrogens is 1. The molecule has 2 aromatic rings. The second-order valence-electron chi connectivity index (χ2n) is 4.74. The Kier molecular flexibility index (Phi) is 8.26. The minimum atomic E-state index is 0. The molecule has 0 saturated heterocycles. The Morgan fingerprint density at radius 1 is 1.41 bits per heavy atom. The maximum atomic E-state index is 6.02. The molecule has 0 aliphatic rings. The molecule has 0 amide bonds. The summed E-state index contributed by atoms with van der Waals surface area (Å²) in [5.74, 6) is 0.854. The summed E-state index contributed by atoms with van der Waals surface area (Å²) in [7, 11) is 2.01. The van der Waals surface area contributed by atoms with Gasteiger partial charge in [-0.25, -0.2) is 4.99 Å². The summed E-state index contributed by atoms with van der Waals surface area (Å²) in [6.45, 7) is 4.19. The molecular formula is C15H21ClIN5. The third-order valence-corrected chi connectivity index (χ3v) is 3.20. The Labute approximate surface area is 153 Å². The summed E-state index contributed by atoms with van der Waals surface area (Å²) in [4.78, 5) is 6.68. The van der Waals surface area contributed by atoms with Crippen LogP contribution in [0.4, 0.5) is 0 Å². The van der Waals surface area contributed by atoms with Crippen molar-refractivity contribution >= 4 is 41.5 Å². The molecule has 0 aliphatic carbocycles. The predicted molar refractivity (Wildman–Crippen MR) is 102 cm³/mol. The first-order valence-electron chi connectivity index (χ1n) is 6.91. The summed E-state index contributed by atoms with van der Waals surface area (Å²) in [6, 6.07) is 9.78. The largest absolute Gasteiger partial charge is 0.357 e. The van der Waals surface area contributed by atoms with Gasteiger partial charge in [-0.3, -0.25) is 5.10 Å². The molecule has 1 heterocycles. The Morgan fingerprint density at radius 3 is 2.86 bits per heavy atom. The van der Waals surface area contributed by atoms with Gasteiger partial charge in [0, 0.05) is 31.4 Å². The van der Waals surface area contributed by atoms with Crippen LogP contribution in [0, 0.1) is 0 Å². The van der Waals surface area contributed by atoms with E-state index in [4.69, 9.17) is 11.6 Å². The lowest BCUT2D eigenvalue weighted by Crippen LogP contribution is -2.38. The van der Waals surface area contributed by atoms with Gasteiger partial charge in [-0.2, -0.15) is 5.10 Å². The molecular weight excluding hydrogens is 413 g/mol. The van der Waals surface area contributed by atoms with E-state index in [2.05, 4.69) is 38.4 Å². The number of aromatic nitrogens is 2. The smallest absolute Gasteiger partial charge is 0.194 e. The summed E-state index contributed by atoms with van der Waals surface area (Å²) >= 11 is 6.02. The van der Waals surface area contributed by atoms with Gasteiger partial charge in [-0.05, 0) is 30.7 Å². The normalized spacial score (nSPS) is 11.0. The van der Waals surface area contributed by atoms with Crippen LogP contribution in [0.3, 0.4) is 0 Å². The first-order valence-corrected chi connectivity index (χ1v) is 7.29. The van der Waals surface area contributed by atoms with Gasteiger partial charge in [0.15, 0.2) is 5.96 Å². The van der Waals surface area contributed by atoms with E-state index in [1.807, 2.05) is 31.3 Å². The second kappa shape index (κ2) is 9.68. The van der Waals surface area contributed by atoms with Crippen molar-refractivity contribution in [2.75, 3.05) is 13.6 Å². The van der Waals surface area contributed by atoms with E-state index in [1.165, 1.54) is 0 Å².